The summed E-state index contributed by atoms with van der Waals surface area (Å²) in [5.74, 6) is 2.62. The molecule has 1 amide bonds. The van der Waals surface area contributed by atoms with Gasteiger partial charge in [0.25, 0.3) is 0 Å². The van der Waals surface area contributed by atoms with Gasteiger partial charge in [-0.2, -0.15) is 0 Å². The first-order valence-corrected chi connectivity index (χ1v) is 13.2. The van der Waals surface area contributed by atoms with Crippen LogP contribution in [0.3, 0.4) is 0 Å². The number of aromatic nitrogens is 3. The zero-order valence-corrected chi connectivity index (χ0v) is 21.9. The molecule has 0 saturated heterocycles. The van der Waals surface area contributed by atoms with Gasteiger partial charge in [0.1, 0.15) is 5.82 Å². The van der Waals surface area contributed by atoms with Crippen LogP contribution >= 0.6 is 51.1 Å². The normalized spacial score (nSPS) is 10.9. The first-order valence-electron chi connectivity index (χ1n) is 9.92. The summed E-state index contributed by atoms with van der Waals surface area (Å²) in [6, 6.07) is 11.8. The van der Waals surface area contributed by atoms with E-state index in [0.717, 1.165) is 37.9 Å². The number of hydrogen-bond acceptors (Lipinski definition) is 5. The topological polar surface area (TPSA) is 59.8 Å². The highest BCUT2D eigenvalue weighted by molar-refractivity contribution is 9.10. The van der Waals surface area contributed by atoms with Crippen LogP contribution in [0.25, 0.3) is 0 Å². The predicted octanol–water partition coefficient (Wildman–Crippen LogP) is 6.66. The second kappa shape index (κ2) is 11.9. The fourth-order valence-corrected chi connectivity index (χ4v) is 5.61. The number of amides is 1. The number of halogens is 2. The Morgan fingerprint density at radius 1 is 1.19 bits per heavy atom. The van der Waals surface area contributed by atoms with Gasteiger partial charge in [0.2, 0.25) is 5.91 Å². The van der Waals surface area contributed by atoms with Crippen LogP contribution in [0, 0.1) is 13.8 Å². The maximum Gasteiger partial charge on any atom is 0.234 e. The smallest absolute Gasteiger partial charge is 0.234 e. The van der Waals surface area contributed by atoms with Crippen molar-refractivity contribution in [3.63, 3.8) is 0 Å². The van der Waals surface area contributed by atoms with Gasteiger partial charge >= 0.3 is 0 Å². The Morgan fingerprint density at radius 2 is 1.88 bits per heavy atom. The van der Waals surface area contributed by atoms with E-state index >= 15 is 0 Å². The first kappa shape index (κ1) is 24.9. The molecule has 0 unspecified atom stereocenters. The Hall–Kier alpha value is -1.74. The van der Waals surface area contributed by atoms with Crippen molar-refractivity contribution >= 4 is 62.6 Å². The van der Waals surface area contributed by atoms with Crippen LogP contribution in [0.4, 0.5) is 5.69 Å². The van der Waals surface area contributed by atoms with Gasteiger partial charge in [0.15, 0.2) is 5.16 Å². The molecule has 5 nitrogen and oxygen atoms in total. The minimum Gasteiger partial charge on any atom is -0.325 e. The van der Waals surface area contributed by atoms with Crippen molar-refractivity contribution in [3.8, 4) is 0 Å². The molecule has 0 aliphatic rings. The highest BCUT2D eigenvalue weighted by Crippen LogP contribution is 2.26. The molecule has 0 atom stereocenters. The maximum absolute atomic E-state index is 12.6. The molecule has 3 rings (SSSR count). The second-order valence-corrected chi connectivity index (χ2v) is 10.4. The second-order valence-electron chi connectivity index (χ2n) is 7.17. The SMILES string of the molecule is C=CCn1c(CSCc2ccc(Cl)cc2)nnc1SCC(=O)Nc1c(C)cc(Br)cc1C. The number of nitrogens with zero attached hydrogens (tertiary/aromatic N) is 3. The number of allylic oxidation sites excluding steroid dienone is 1. The summed E-state index contributed by atoms with van der Waals surface area (Å²) >= 11 is 12.6. The average molecular weight is 552 g/mol. The van der Waals surface area contributed by atoms with Crippen LogP contribution < -0.4 is 5.32 Å². The van der Waals surface area contributed by atoms with Crippen molar-refractivity contribution in [2.24, 2.45) is 0 Å². The lowest BCUT2D eigenvalue weighted by Crippen LogP contribution is -2.16. The van der Waals surface area contributed by atoms with Crippen LogP contribution in [0.15, 0.2) is 58.7 Å². The van der Waals surface area contributed by atoms with Gasteiger partial charge in [-0.15, -0.1) is 28.5 Å². The number of hydrogen-bond donors (Lipinski definition) is 1. The van der Waals surface area contributed by atoms with Crippen LogP contribution in [0.5, 0.6) is 0 Å². The zero-order valence-electron chi connectivity index (χ0n) is 17.9. The Labute approximate surface area is 210 Å². The summed E-state index contributed by atoms with van der Waals surface area (Å²) < 4.78 is 3.01. The number of carbonyl (C=O) groups is 1. The van der Waals surface area contributed by atoms with E-state index in [2.05, 4.69) is 38.0 Å². The van der Waals surface area contributed by atoms with Crippen LogP contribution in [-0.4, -0.2) is 26.4 Å². The van der Waals surface area contributed by atoms with E-state index in [1.807, 2.05) is 60.9 Å². The van der Waals surface area contributed by atoms with E-state index in [9.17, 15) is 4.79 Å². The van der Waals surface area contributed by atoms with Crippen molar-refractivity contribution < 1.29 is 4.79 Å². The van der Waals surface area contributed by atoms with Crippen LogP contribution in [0.2, 0.25) is 5.02 Å². The summed E-state index contributed by atoms with van der Waals surface area (Å²) in [5.41, 5.74) is 4.10. The highest BCUT2D eigenvalue weighted by Gasteiger charge is 2.15. The minimum absolute atomic E-state index is 0.0738. The molecule has 0 fully saturated rings. The molecule has 1 N–H and O–H groups in total. The van der Waals surface area contributed by atoms with Gasteiger partial charge in [0.05, 0.1) is 11.5 Å². The molecule has 1 aromatic heterocycles. The van der Waals surface area contributed by atoms with E-state index < -0.39 is 0 Å². The monoisotopic (exact) mass is 550 g/mol. The van der Waals surface area contributed by atoms with E-state index in [1.165, 1.54) is 17.3 Å². The first-order chi connectivity index (χ1) is 15.4. The molecular formula is C23H24BrClN4OS2. The molecule has 0 radical (unpaired) electrons. The van der Waals surface area contributed by atoms with Crippen molar-refractivity contribution in [1.29, 1.82) is 0 Å². The maximum atomic E-state index is 12.6. The summed E-state index contributed by atoms with van der Waals surface area (Å²) in [6.07, 6.45) is 1.81. The lowest BCUT2D eigenvalue weighted by atomic mass is 10.1. The third kappa shape index (κ3) is 6.88. The fourth-order valence-electron chi connectivity index (χ4n) is 3.10. The van der Waals surface area contributed by atoms with E-state index in [-0.39, 0.29) is 11.7 Å². The molecule has 2 aromatic carbocycles. The number of thioether (sulfide) groups is 2. The Balaban J connectivity index is 1.59. The quantitative estimate of drug-likeness (QED) is 0.225. The molecule has 32 heavy (non-hydrogen) atoms. The molecule has 9 heteroatoms. The van der Waals surface area contributed by atoms with Gasteiger partial charge in [-0.05, 0) is 54.8 Å². The van der Waals surface area contributed by atoms with Crippen LogP contribution in [-0.2, 0) is 22.8 Å². The molecule has 0 bridgehead atoms. The van der Waals surface area contributed by atoms with E-state index in [4.69, 9.17) is 11.6 Å². The summed E-state index contributed by atoms with van der Waals surface area (Å²) in [5, 5.41) is 13.1. The Kier molecular flexibility index (Phi) is 9.28. The molecule has 3 aromatic rings. The van der Waals surface area contributed by atoms with E-state index in [0.29, 0.717) is 17.5 Å². The van der Waals surface area contributed by atoms with E-state index in [1.54, 1.807) is 11.8 Å². The number of rotatable bonds is 10. The summed E-state index contributed by atoms with van der Waals surface area (Å²) in [6.45, 7) is 8.40. The van der Waals surface area contributed by atoms with Gasteiger partial charge in [-0.25, -0.2) is 0 Å². The molecule has 0 aliphatic heterocycles. The third-order valence-corrected chi connectivity index (χ3v) is 7.29. The zero-order chi connectivity index (χ0) is 23.1. The molecule has 168 valence electrons. The lowest BCUT2D eigenvalue weighted by Gasteiger charge is -2.12. The predicted molar refractivity (Wildman–Crippen MR) is 140 cm³/mol. The summed E-state index contributed by atoms with van der Waals surface area (Å²) in [7, 11) is 0. The summed E-state index contributed by atoms with van der Waals surface area (Å²) in [4.78, 5) is 12.6. The number of benzene rings is 2. The van der Waals surface area contributed by atoms with Gasteiger partial charge < -0.3 is 9.88 Å². The third-order valence-electron chi connectivity index (χ3n) is 4.61. The van der Waals surface area contributed by atoms with Crippen molar-refractivity contribution in [2.45, 2.75) is 37.1 Å². The van der Waals surface area contributed by atoms with Gasteiger partial charge in [0, 0.05) is 27.5 Å². The average Bonchev–Trinajstić information content (AvgIpc) is 3.12. The number of aryl methyl sites for hydroxylation is 2. The molecule has 0 aliphatic carbocycles. The Bertz CT molecular complexity index is 1080. The largest absolute Gasteiger partial charge is 0.325 e. The van der Waals surface area contributed by atoms with Crippen molar-refractivity contribution in [3.05, 3.63) is 81.1 Å². The van der Waals surface area contributed by atoms with Crippen molar-refractivity contribution in [1.82, 2.24) is 14.8 Å². The molecule has 1 heterocycles. The lowest BCUT2D eigenvalue weighted by molar-refractivity contribution is -0.113. The highest BCUT2D eigenvalue weighted by atomic mass is 79.9. The van der Waals surface area contributed by atoms with Gasteiger partial charge in [-0.3, -0.25) is 4.79 Å². The van der Waals surface area contributed by atoms with Crippen LogP contribution in [0.1, 0.15) is 22.5 Å². The number of anilines is 1. The number of nitrogens with one attached hydrogen (secondary N) is 1. The molecular weight excluding hydrogens is 528 g/mol. The van der Waals surface area contributed by atoms with Gasteiger partial charge in [-0.1, -0.05) is 57.5 Å². The van der Waals surface area contributed by atoms with Crippen molar-refractivity contribution in [2.75, 3.05) is 11.1 Å². The minimum atomic E-state index is -0.0738. The fraction of sp³-hybridized carbons (Fsp3) is 0.261. The molecule has 0 spiro atoms. The number of carbonyl (C=O) groups excluding carboxylic acids is 1. The standard InChI is InChI=1S/C23H24BrClN4OS2/c1-4-9-29-20(13-31-12-17-5-7-19(25)8-6-17)27-28-23(29)32-14-21(30)26-22-15(2)10-18(24)11-16(22)3/h4-8,10-11H,1,9,12-14H2,2-3H3,(H,26,30). The molecule has 0 saturated carbocycles. The Morgan fingerprint density at radius 3 is 2.53 bits per heavy atom.